The lowest BCUT2D eigenvalue weighted by Gasteiger charge is -2.14. The third-order valence-corrected chi connectivity index (χ3v) is 4.65. The van der Waals surface area contributed by atoms with E-state index in [0.717, 1.165) is 29.5 Å². The van der Waals surface area contributed by atoms with Crippen molar-refractivity contribution in [2.75, 3.05) is 20.3 Å². The molecule has 0 unspecified atom stereocenters. The number of carbonyl (C=O) groups is 1. The maximum absolute atomic E-state index is 11.8. The molecule has 2 aromatic rings. The van der Waals surface area contributed by atoms with Crippen molar-refractivity contribution in [3.63, 3.8) is 0 Å². The summed E-state index contributed by atoms with van der Waals surface area (Å²) >= 11 is 0. The number of ketones is 1. The normalized spacial score (nSPS) is 10.8. The lowest BCUT2D eigenvalue weighted by Crippen LogP contribution is -2.16. The molecule has 0 atom stereocenters. The van der Waals surface area contributed by atoms with Crippen LogP contribution in [-0.2, 0) is 37.3 Å². The summed E-state index contributed by atoms with van der Waals surface area (Å²) in [7, 11) is 1.55. The first-order valence-electron chi connectivity index (χ1n) is 9.42. The molecule has 152 valence electrons. The molecule has 28 heavy (non-hydrogen) atoms. The summed E-state index contributed by atoms with van der Waals surface area (Å²) in [5.41, 5.74) is 9.66. The number of aliphatic hydroxyl groups excluding tert-OH is 2. The van der Waals surface area contributed by atoms with E-state index < -0.39 is 0 Å². The molecule has 0 saturated carbocycles. The van der Waals surface area contributed by atoms with Gasteiger partial charge in [-0.3, -0.25) is 4.79 Å². The molecule has 0 bridgehead atoms. The number of benzene rings is 2. The molecule has 0 heterocycles. The van der Waals surface area contributed by atoms with E-state index in [1.54, 1.807) is 7.11 Å². The lowest BCUT2D eigenvalue weighted by molar-refractivity contribution is -0.117. The average molecular weight is 387 g/mol. The van der Waals surface area contributed by atoms with Crippen molar-refractivity contribution >= 4 is 5.78 Å². The van der Waals surface area contributed by atoms with Gasteiger partial charge in [0, 0.05) is 17.5 Å². The highest BCUT2D eigenvalue weighted by Crippen LogP contribution is 2.27. The van der Waals surface area contributed by atoms with Crippen molar-refractivity contribution in [1.29, 1.82) is 0 Å². The number of rotatable bonds is 11. The van der Waals surface area contributed by atoms with Crippen molar-refractivity contribution in [2.45, 2.75) is 39.4 Å². The second kappa shape index (κ2) is 10.8. The molecule has 6 heteroatoms. The first-order valence-corrected chi connectivity index (χ1v) is 9.42. The molecule has 0 amide bonds. The van der Waals surface area contributed by atoms with E-state index in [4.69, 9.17) is 15.2 Å². The first-order chi connectivity index (χ1) is 13.6. The number of ether oxygens (including phenoxy) is 2. The first kappa shape index (κ1) is 21.9. The largest absolute Gasteiger partial charge is 0.496 e. The van der Waals surface area contributed by atoms with Crippen molar-refractivity contribution in [3.05, 3.63) is 58.1 Å². The van der Waals surface area contributed by atoms with Crippen LogP contribution in [0.4, 0.5) is 0 Å². The van der Waals surface area contributed by atoms with Gasteiger partial charge >= 0.3 is 0 Å². The number of Topliss-reactive ketones (excluding diaryl/α,β-unsaturated/α-hetero) is 1. The Labute approximate surface area is 165 Å². The van der Waals surface area contributed by atoms with Crippen molar-refractivity contribution in [1.82, 2.24) is 0 Å². The quantitative estimate of drug-likeness (QED) is 0.545. The highest BCUT2D eigenvalue weighted by atomic mass is 16.5. The highest BCUT2D eigenvalue weighted by molar-refractivity contribution is 5.83. The second-order valence-corrected chi connectivity index (χ2v) is 6.55. The maximum Gasteiger partial charge on any atom is 0.150 e. The summed E-state index contributed by atoms with van der Waals surface area (Å²) in [6.45, 7) is 2.11. The van der Waals surface area contributed by atoms with Crippen LogP contribution in [0.25, 0.3) is 0 Å². The fraction of sp³-hybridized carbons (Fsp3) is 0.409. The average Bonchev–Trinajstić information content (AvgIpc) is 2.72. The Bertz CT molecular complexity index is 779. The Morgan fingerprint density at radius 2 is 1.71 bits per heavy atom. The number of carbonyl (C=O) groups excluding carboxylic acids is 1. The second-order valence-electron chi connectivity index (χ2n) is 6.55. The molecule has 2 rings (SSSR count). The van der Waals surface area contributed by atoms with Crippen LogP contribution in [0.5, 0.6) is 11.5 Å². The van der Waals surface area contributed by atoms with Gasteiger partial charge in [0.2, 0.25) is 0 Å². The van der Waals surface area contributed by atoms with E-state index in [9.17, 15) is 15.0 Å². The van der Waals surface area contributed by atoms with Gasteiger partial charge in [-0.05, 0) is 48.6 Å². The smallest absolute Gasteiger partial charge is 0.150 e. The van der Waals surface area contributed by atoms with Crippen molar-refractivity contribution < 1.29 is 24.5 Å². The number of methoxy groups -OCH3 is 1. The van der Waals surface area contributed by atoms with Gasteiger partial charge < -0.3 is 25.4 Å². The summed E-state index contributed by atoms with van der Waals surface area (Å²) in [6, 6.07) is 9.66. The number of hydrogen-bond donors (Lipinski definition) is 3. The molecule has 4 N–H and O–H groups in total. The minimum absolute atomic E-state index is 0.0106. The van der Waals surface area contributed by atoms with E-state index in [0.29, 0.717) is 29.2 Å². The van der Waals surface area contributed by atoms with Crippen LogP contribution in [0, 0.1) is 0 Å². The molecule has 0 aliphatic heterocycles. The zero-order chi connectivity index (χ0) is 20.5. The Balaban J connectivity index is 2.22. The summed E-state index contributed by atoms with van der Waals surface area (Å²) in [5, 5.41) is 19.1. The van der Waals surface area contributed by atoms with E-state index in [-0.39, 0.29) is 32.0 Å². The molecule has 0 radical (unpaired) electrons. The van der Waals surface area contributed by atoms with Gasteiger partial charge in [-0.2, -0.15) is 0 Å². The molecular formula is C22H29NO5. The van der Waals surface area contributed by atoms with Crippen LogP contribution < -0.4 is 15.2 Å². The van der Waals surface area contributed by atoms with Crippen LogP contribution >= 0.6 is 0 Å². The number of aliphatic hydroxyl groups is 2. The summed E-state index contributed by atoms with van der Waals surface area (Å²) in [4.78, 5) is 11.8. The van der Waals surface area contributed by atoms with E-state index in [2.05, 4.69) is 0 Å². The van der Waals surface area contributed by atoms with Gasteiger partial charge in [-0.25, -0.2) is 0 Å². The summed E-state index contributed by atoms with van der Waals surface area (Å²) < 4.78 is 11.0. The number of aryl methyl sites for hydroxylation is 2. The monoisotopic (exact) mass is 387 g/mol. The lowest BCUT2D eigenvalue weighted by atomic mass is 9.97. The van der Waals surface area contributed by atoms with Gasteiger partial charge in [-0.15, -0.1) is 0 Å². The zero-order valence-corrected chi connectivity index (χ0v) is 16.5. The summed E-state index contributed by atoms with van der Waals surface area (Å²) in [5.74, 6) is 1.25. The van der Waals surface area contributed by atoms with Crippen LogP contribution in [0.1, 0.15) is 34.7 Å². The highest BCUT2D eigenvalue weighted by Gasteiger charge is 2.12. The van der Waals surface area contributed by atoms with Crippen molar-refractivity contribution in [3.8, 4) is 11.5 Å². The van der Waals surface area contributed by atoms with Gasteiger partial charge in [0.1, 0.15) is 11.5 Å². The Morgan fingerprint density at radius 3 is 2.32 bits per heavy atom. The summed E-state index contributed by atoms with van der Waals surface area (Å²) in [6.07, 6.45) is 1.74. The maximum atomic E-state index is 11.8. The Morgan fingerprint density at radius 1 is 1.00 bits per heavy atom. The predicted octanol–water partition coefficient (Wildman–Crippen LogP) is 1.93. The van der Waals surface area contributed by atoms with Gasteiger partial charge in [-0.1, -0.05) is 18.2 Å². The minimum atomic E-state index is -0.184. The molecular weight excluding hydrogens is 358 g/mol. The van der Waals surface area contributed by atoms with Gasteiger partial charge in [0.05, 0.1) is 33.5 Å². The molecule has 0 saturated heterocycles. The molecule has 6 nitrogen and oxygen atoms in total. The molecule has 0 aromatic heterocycles. The van der Waals surface area contributed by atoms with Crippen LogP contribution in [0.2, 0.25) is 0 Å². The molecule has 0 aliphatic rings. The standard InChI is InChI=1S/C22H29NO5/c1-3-28-21-7-6-15(8-17(21)11-19(26)12-23)4-5-16-9-18(13-24)20(14-25)22(10-16)27-2/h6-10,24-25H,3-5,11-14,23H2,1-2H3. The molecule has 0 aliphatic carbocycles. The number of hydrogen-bond acceptors (Lipinski definition) is 6. The van der Waals surface area contributed by atoms with E-state index >= 15 is 0 Å². The predicted molar refractivity (Wildman–Crippen MR) is 108 cm³/mol. The van der Waals surface area contributed by atoms with Crippen LogP contribution in [-0.4, -0.2) is 36.3 Å². The SMILES string of the molecule is CCOc1ccc(CCc2cc(CO)c(CO)c(OC)c2)cc1CC(=O)CN. The van der Waals surface area contributed by atoms with Gasteiger partial charge in [0.15, 0.2) is 5.78 Å². The van der Waals surface area contributed by atoms with E-state index in [1.807, 2.05) is 37.3 Å². The Kier molecular flexibility index (Phi) is 8.44. The Hall–Kier alpha value is -2.41. The fourth-order valence-corrected chi connectivity index (χ4v) is 3.21. The minimum Gasteiger partial charge on any atom is -0.496 e. The third-order valence-electron chi connectivity index (χ3n) is 4.65. The van der Waals surface area contributed by atoms with Crippen LogP contribution in [0.15, 0.2) is 30.3 Å². The number of nitrogens with two attached hydrogens (primary N) is 1. The topological polar surface area (TPSA) is 102 Å². The zero-order valence-electron chi connectivity index (χ0n) is 16.5. The fourth-order valence-electron chi connectivity index (χ4n) is 3.21. The van der Waals surface area contributed by atoms with Gasteiger partial charge in [0.25, 0.3) is 0 Å². The van der Waals surface area contributed by atoms with Crippen LogP contribution in [0.3, 0.4) is 0 Å². The molecule has 0 fully saturated rings. The van der Waals surface area contributed by atoms with Crippen molar-refractivity contribution in [2.24, 2.45) is 5.73 Å². The molecule has 0 spiro atoms. The third kappa shape index (κ3) is 5.55. The molecule has 2 aromatic carbocycles. The van der Waals surface area contributed by atoms with E-state index in [1.165, 1.54) is 0 Å².